The summed E-state index contributed by atoms with van der Waals surface area (Å²) in [6.45, 7) is 1.77. The van der Waals surface area contributed by atoms with Crippen LogP contribution in [0, 0.1) is 0 Å². The van der Waals surface area contributed by atoms with Gasteiger partial charge in [-0.2, -0.15) is 0 Å². The lowest BCUT2D eigenvalue weighted by atomic mass is 10.3. The van der Waals surface area contributed by atoms with Gasteiger partial charge in [0.15, 0.2) is 0 Å². The molecule has 0 saturated carbocycles. The number of hydrogen-bond acceptors (Lipinski definition) is 4. The summed E-state index contributed by atoms with van der Waals surface area (Å²) >= 11 is 0. The number of H-pyrrole nitrogens is 1. The standard InChI is InChI=1S/C17H22N4O3S/c1-20(11-7-14-6-2-3-8-18-14)25(23,24)15-12-16(19-13-15)17(22)21-9-4-5-10-21/h2-3,6,8,12-13,19H,4-5,7,9-11H2,1H3. The summed E-state index contributed by atoms with van der Waals surface area (Å²) in [5, 5.41) is 0. The lowest BCUT2D eigenvalue weighted by Gasteiger charge is -2.16. The summed E-state index contributed by atoms with van der Waals surface area (Å²) < 4.78 is 26.6. The van der Waals surface area contributed by atoms with Crippen molar-refractivity contribution in [3.05, 3.63) is 48.0 Å². The quantitative estimate of drug-likeness (QED) is 0.844. The van der Waals surface area contributed by atoms with Crippen LogP contribution in [0.15, 0.2) is 41.6 Å². The number of carbonyl (C=O) groups is 1. The molecule has 1 N–H and O–H groups in total. The Morgan fingerprint density at radius 3 is 2.76 bits per heavy atom. The van der Waals surface area contributed by atoms with Crippen LogP contribution in [0.5, 0.6) is 0 Å². The van der Waals surface area contributed by atoms with E-state index in [9.17, 15) is 13.2 Å². The molecular weight excluding hydrogens is 340 g/mol. The number of nitrogens with one attached hydrogen (secondary N) is 1. The number of carbonyl (C=O) groups excluding carboxylic acids is 1. The van der Waals surface area contributed by atoms with Crippen LogP contribution in [0.3, 0.4) is 0 Å². The van der Waals surface area contributed by atoms with Gasteiger partial charge in [0.25, 0.3) is 5.91 Å². The van der Waals surface area contributed by atoms with Gasteiger partial charge in [0.1, 0.15) is 10.6 Å². The minimum absolute atomic E-state index is 0.110. The second kappa shape index (κ2) is 7.37. The smallest absolute Gasteiger partial charge is 0.270 e. The zero-order valence-corrected chi connectivity index (χ0v) is 15.0. The third kappa shape index (κ3) is 3.91. The maximum Gasteiger partial charge on any atom is 0.270 e. The van der Waals surface area contributed by atoms with Crippen molar-refractivity contribution in [3.8, 4) is 0 Å². The number of nitrogens with zero attached hydrogens (tertiary/aromatic N) is 3. The number of likely N-dealkylation sites (tertiary alicyclic amines) is 1. The van der Waals surface area contributed by atoms with Crippen LogP contribution in [-0.4, -0.2) is 60.2 Å². The van der Waals surface area contributed by atoms with E-state index in [1.165, 1.54) is 23.6 Å². The van der Waals surface area contributed by atoms with Gasteiger partial charge in [0.05, 0.1) is 0 Å². The van der Waals surface area contributed by atoms with E-state index in [4.69, 9.17) is 0 Å². The first kappa shape index (κ1) is 17.6. The van der Waals surface area contributed by atoms with Crippen LogP contribution in [0.25, 0.3) is 0 Å². The van der Waals surface area contributed by atoms with Crippen LogP contribution in [0.2, 0.25) is 0 Å². The average molecular weight is 362 g/mol. The number of sulfonamides is 1. The Kier molecular flexibility index (Phi) is 5.19. The minimum Gasteiger partial charge on any atom is -0.356 e. The summed E-state index contributed by atoms with van der Waals surface area (Å²) in [6.07, 6.45) is 5.59. The Bertz CT molecular complexity index is 827. The number of likely N-dealkylation sites (N-methyl/N-ethyl adjacent to an activating group) is 1. The lowest BCUT2D eigenvalue weighted by Crippen LogP contribution is -2.29. The zero-order chi connectivity index (χ0) is 17.9. The Balaban J connectivity index is 1.68. The molecule has 1 aliphatic rings. The van der Waals surface area contributed by atoms with Crippen molar-refractivity contribution < 1.29 is 13.2 Å². The number of rotatable bonds is 6. The molecule has 3 heterocycles. The van der Waals surface area contributed by atoms with Gasteiger partial charge in [-0.05, 0) is 31.0 Å². The first-order chi connectivity index (χ1) is 12.0. The highest BCUT2D eigenvalue weighted by Gasteiger charge is 2.26. The first-order valence-corrected chi connectivity index (χ1v) is 9.76. The molecule has 0 atom stereocenters. The van der Waals surface area contributed by atoms with Crippen LogP contribution in [0.1, 0.15) is 29.0 Å². The van der Waals surface area contributed by atoms with Crippen LogP contribution in [-0.2, 0) is 16.4 Å². The van der Waals surface area contributed by atoms with E-state index >= 15 is 0 Å². The molecule has 0 aliphatic carbocycles. The van der Waals surface area contributed by atoms with Crippen molar-refractivity contribution in [2.75, 3.05) is 26.7 Å². The van der Waals surface area contributed by atoms with E-state index in [2.05, 4.69) is 9.97 Å². The average Bonchev–Trinajstić information content (AvgIpc) is 3.31. The SMILES string of the molecule is CN(CCc1ccccn1)S(=O)(=O)c1c[nH]c(C(=O)N2CCCC2)c1. The van der Waals surface area contributed by atoms with Gasteiger partial charge < -0.3 is 9.88 Å². The van der Waals surface area contributed by atoms with E-state index in [1.807, 2.05) is 18.2 Å². The molecular formula is C17H22N4O3S. The first-order valence-electron chi connectivity index (χ1n) is 8.32. The van der Waals surface area contributed by atoms with E-state index < -0.39 is 10.0 Å². The molecule has 8 heteroatoms. The summed E-state index contributed by atoms with van der Waals surface area (Å²) in [7, 11) is -2.11. The maximum absolute atomic E-state index is 12.7. The number of aromatic amines is 1. The normalized spacial score (nSPS) is 15.0. The second-order valence-electron chi connectivity index (χ2n) is 6.15. The molecule has 0 aromatic carbocycles. The molecule has 25 heavy (non-hydrogen) atoms. The van der Waals surface area contributed by atoms with Crippen molar-refractivity contribution in [1.82, 2.24) is 19.2 Å². The monoisotopic (exact) mass is 362 g/mol. The molecule has 134 valence electrons. The van der Waals surface area contributed by atoms with Gasteiger partial charge >= 0.3 is 0 Å². The molecule has 3 rings (SSSR count). The fraction of sp³-hybridized carbons (Fsp3) is 0.412. The predicted octanol–water partition coefficient (Wildman–Crippen LogP) is 1.51. The molecule has 0 bridgehead atoms. The largest absolute Gasteiger partial charge is 0.356 e. The highest BCUT2D eigenvalue weighted by molar-refractivity contribution is 7.89. The molecule has 1 saturated heterocycles. The fourth-order valence-electron chi connectivity index (χ4n) is 2.86. The summed E-state index contributed by atoms with van der Waals surface area (Å²) in [6, 6.07) is 6.98. The number of aromatic nitrogens is 2. The van der Waals surface area contributed by atoms with E-state index in [0.29, 0.717) is 18.7 Å². The molecule has 1 amide bonds. The van der Waals surface area contributed by atoms with Gasteiger partial charge in [-0.15, -0.1) is 0 Å². The second-order valence-corrected chi connectivity index (χ2v) is 8.19. The van der Waals surface area contributed by atoms with Crippen molar-refractivity contribution >= 4 is 15.9 Å². The number of hydrogen-bond donors (Lipinski definition) is 1. The third-order valence-corrected chi connectivity index (χ3v) is 6.23. The molecule has 7 nitrogen and oxygen atoms in total. The molecule has 1 aliphatic heterocycles. The molecule has 2 aromatic heterocycles. The van der Waals surface area contributed by atoms with Crippen molar-refractivity contribution in [1.29, 1.82) is 0 Å². The van der Waals surface area contributed by atoms with E-state index in [-0.39, 0.29) is 10.8 Å². The molecule has 1 fully saturated rings. The van der Waals surface area contributed by atoms with Crippen molar-refractivity contribution in [3.63, 3.8) is 0 Å². The highest BCUT2D eigenvalue weighted by Crippen LogP contribution is 2.18. The summed E-state index contributed by atoms with van der Waals surface area (Å²) in [5.74, 6) is -0.143. The minimum atomic E-state index is -3.64. The Morgan fingerprint density at radius 2 is 2.08 bits per heavy atom. The van der Waals surface area contributed by atoms with Gasteiger partial charge in [-0.25, -0.2) is 12.7 Å². The molecule has 0 radical (unpaired) electrons. The summed E-state index contributed by atoms with van der Waals surface area (Å²) in [4.78, 5) is 21.2. The maximum atomic E-state index is 12.7. The van der Waals surface area contributed by atoms with Crippen molar-refractivity contribution in [2.45, 2.75) is 24.2 Å². The highest BCUT2D eigenvalue weighted by atomic mass is 32.2. The Morgan fingerprint density at radius 1 is 1.32 bits per heavy atom. The Hall–Kier alpha value is -2.19. The van der Waals surface area contributed by atoms with Crippen molar-refractivity contribution in [2.24, 2.45) is 0 Å². The third-order valence-electron chi connectivity index (χ3n) is 4.40. The van der Waals surface area contributed by atoms with E-state index in [0.717, 1.165) is 31.6 Å². The predicted molar refractivity (Wildman–Crippen MR) is 93.7 cm³/mol. The molecule has 0 unspecified atom stereocenters. The van der Waals surface area contributed by atoms with Gasteiger partial charge in [-0.1, -0.05) is 6.07 Å². The van der Waals surface area contributed by atoms with Gasteiger partial charge in [-0.3, -0.25) is 9.78 Å². The van der Waals surface area contributed by atoms with Gasteiger partial charge in [0.2, 0.25) is 10.0 Å². The summed E-state index contributed by atoms with van der Waals surface area (Å²) in [5.41, 5.74) is 1.15. The number of pyridine rings is 1. The topological polar surface area (TPSA) is 86.4 Å². The number of amides is 1. The fourth-order valence-corrected chi connectivity index (χ4v) is 4.02. The van der Waals surface area contributed by atoms with Gasteiger partial charge in [0, 0.05) is 51.2 Å². The molecule has 0 spiro atoms. The van der Waals surface area contributed by atoms with Crippen LogP contribution < -0.4 is 0 Å². The van der Waals surface area contributed by atoms with Crippen LogP contribution in [0.4, 0.5) is 0 Å². The van der Waals surface area contributed by atoms with E-state index in [1.54, 1.807) is 11.1 Å². The lowest BCUT2D eigenvalue weighted by molar-refractivity contribution is 0.0787. The zero-order valence-electron chi connectivity index (χ0n) is 14.2. The van der Waals surface area contributed by atoms with Crippen LogP contribution >= 0.6 is 0 Å². The molecule has 2 aromatic rings. The Labute approximate surface area is 147 Å².